The number of esters is 1. The number of thiocarbonyl (C=S) groups is 1. The largest absolute Gasteiger partial charge is 0.469 e. The zero-order chi connectivity index (χ0) is 14.6. The van der Waals surface area contributed by atoms with Gasteiger partial charge in [-0.15, -0.1) is 0 Å². The van der Waals surface area contributed by atoms with Crippen LogP contribution < -0.4 is 5.32 Å². The second kappa shape index (κ2) is 4.39. The molecular weight excluding hydrogens is 278 g/mol. The van der Waals surface area contributed by atoms with Crippen LogP contribution in [0, 0.1) is 11.3 Å². The average molecular weight is 299 g/mol. The van der Waals surface area contributed by atoms with E-state index in [2.05, 4.69) is 19.2 Å². The van der Waals surface area contributed by atoms with Crippen molar-refractivity contribution < 1.29 is 19.0 Å². The standard InChI is InChI=1S/C14H21NO4S/c1-12-4-5-14(18-6-7-19-14)13(12,2)15-11(20)9(12)8-10(16)17-3/h9H,4-8H2,1-3H3,(H,15,20). The first-order chi connectivity index (χ1) is 9.38. The highest BCUT2D eigenvalue weighted by molar-refractivity contribution is 7.80. The number of hydrogen-bond acceptors (Lipinski definition) is 5. The lowest BCUT2D eigenvalue weighted by Gasteiger charge is -2.44. The summed E-state index contributed by atoms with van der Waals surface area (Å²) in [6.45, 7) is 5.51. The van der Waals surface area contributed by atoms with Gasteiger partial charge < -0.3 is 19.5 Å². The van der Waals surface area contributed by atoms with Crippen LogP contribution in [-0.4, -0.2) is 42.6 Å². The van der Waals surface area contributed by atoms with Crippen molar-refractivity contribution in [3.8, 4) is 0 Å². The van der Waals surface area contributed by atoms with E-state index in [1.54, 1.807) is 0 Å². The first kappa shape index (κ1) is 14.2. The third-order valence-electron chi connectivity index (χ3n) is 5.69. The molecule has 2 saturated heterocycles. The lowest BCUT2D eigenvalue weighted by Crippen LogP contribution is -2.61. The van der Waals surface area contributed by atoms with Gasteiger partial charge in [-0.2, -0.15) is 0 Å². The van der Waals surface area contributed by atoms with Gasteiger partial charge >= 0.3 is 5.97 Å². The Morgan fingerprint density at radius 3 is 2.65 bits per heavy atom. The number of rotatable bonds is 2. The molecule has 1 spiro atoms. The molecule has 2 aliphatic heterocycles. The van der Waals surface area contributed by atoms with E-state index in [0.717, 1.165) is 17.8 Å². The Morgan fingerprint density at radius 1 is 1.40 bits per heavy atom. The third kappa shape index (κ3) is 1.55. The van der Waals surface area contributed by atoms with E-state index >= 15 is 0 Å². The summed E-state index contributed by atoms with van der Waals surface area (Å²) < 4.78 is 16.7. The van der Waals surface area contributed by atoms with Crippen molar-refractivity contribution in [2.45, 2.75) is 44.4 Å². The second-order valence-corrected chi connectivity index (χ2v) is 6.75. The van der Waals surface area contributed by atoms with Crippen molar-refractivity contribution in [1.29, 1.82) is 0 Å². The van der Waals surface area contributed by atoms with Crippen LogP contribution in [0.2, 0.25) is 0 Å². The van der Waals surface area contributed by atoms with Crippen molar-refractivity contribution in [2.75, 3.05) is 20.3 Å². The Kier molecular flexibility index (Phi) is 3.12. The summed E-state index contributed by atoms with van der Waals surface area (Å²) in [5, 5.41) is 3.42. The van der Waals surface area contributed by atoms with Crippen LogP contribution in [0.5, 0.6) is 0 Å². The van der Waals surface area contributed by atoms with Gasteiger partial charge in [-0.05, 0) is 13.3 Å². The molecule has 2 heterocycles. The Bertz CT molecular complexity index is 462. The molecule has 3 fully saturated rings. The fraction of sp³-hybridized carbons (Fsp3) is 0.857. The lowest BCUT2D eigenvalue weighted by atomic mass is 9.67. The van der Waals surface area contributed by atoms with E-state index in [1.807, 2.05) is 0 Å². The number of carbonyl (C=O) groups is 1. The van der Waals surface area contributed by atoms with E-state index in [-0.39, 0.29) is 17.3 Å². The predicted molar refractivity (Wildman–Crippen MR) is 76.2 cm³/mol. The monoisotopic (exact) mass is 299 g/mol. The van der Waals surface area contributed by atoms with E-state index in [1.165, 1.54) is 7.11 Å². The van der Waals surface area contributed by atoms with Gasteiger partial charge in [0, 0.05) is 17.8 Å². The third-order valence-corrected chi connectivity index (χ3v) is 6.08. The number of nitrogens with one attached hydrogen (secondary N) is 1. The molecule has 1 N–H and O–H groups in total. The fourth-order valence-electron chi connectivity index (χ4n) is 4.20. The molecule has 6 heteroatoms. The smallest absolute Gasteiger partial charge is 0.306 e. The van der Waals surface area contributed by atoms with Crippen molar-refractivity contribution >= 4 is 23.2 Å². The zero-order valence-electron chi connectivity index (χ0n) is 12.2. The molecule has 20 heavy (non-hydrogen) atoms. The van der Waals surface area contributed by atoms with Gasteiger partial charge in [0.05, 0.1) is 37.3 Å². The Balaban J connectivity index is 1.95. The van der Waals surface area contributed by atoms with Crippen LogP contribution in [0.4, 0.5) is 0 Å². The highest BCUT2D eigenvalue weighted by atomic mass is 32.1. The maximum Gasteiger partial charge on any atom is 0.306 e. The van der Waals surface area contributed by atoms with E-state index in [4.69, 9.17) is 26.4 Å². The van der Waals surface area contributed by atoms with Crippen LogP contribution in [0.3, 0.4) is 0 Å². The van der Waals surface area contributed by atoms with Gasteiger partial charge in [0.25, 0.3) is 0 Å². The molecule has 112 valence electrons. The van der Waals surface area contributed by atoms with Gasteiger partial charge in [0.15, 0.2) is 5.79 Å². The number of methoxy groups -OCH3 is 1. The van der Waals surface area contributed by atoms with Crippen LogP contribution in [0.15, 0.2) is 0 Å². The van der Waals surface area contributed by atoms with Crippen LogP contribution >= 0.6 is 12.2 Å². The first-order valence-corrected chi connectivity index (χ1v) is 7.46. The number of hydrogen-bond donors (Lipinski definition) is 1. The minimum absolute atomic E-state index is 0.0258. The molecule has 3 aliphatic rings. The normalized spacial score (nSPS) is 41.8. The molecule has 0 bridgehead atoms. The van der Waals surface area contributed by atoms with Crippen LogP contribution in [0.25, 0.3) is 0 Å². The summed E-state index contributed by atoms with van der Waals surface area (Å²) in [7, 11) is 1.41. The number of carbonyl (C=O) groups excluding carboxylic acids is 1. The molecule has 0 radical (unpaired) electrons. The maximum absolute atomic E-state index is 11.7. The fourth-order valence-corrected chi connectivity index (χ4v) is 4.75. The lowest BCUT2D eigenvalue weighted by molar-refractivity contribution is -0.202. The van der Waals surface area contributed by atoms with Crippen molar-refractivity contribution in [3.05, 3.63) is 0 Å². The van der Waals surface area contributed by atoms with Gasteiger partial charge in [-0.1, -0.05) is 19.1 Å². The summed E-state index contributed by atoms with van der Waals surface area (Å²) in [5.41, 5.74) is -0.561. The molecule has 5 nitrogen and oxygen atoms in total. The van der Waals surface area contributed by atoms with Gasteiger partial charge in [0.2, 0.25) is 0 Å². The van der Waals surface area contributed by atoms with E-state index in [9.17, 15) is 4.79 Å². The maximum atomic E-state index is 11.7. The SMILES string of the molecule is COC(=O)CC1C(=S)NC2(C)C3(CCC12C)OCCO3. The minimum atomic E-state index is -0.614. The summed E-state index contributed by atoms with van der Waals surface area (Å²) in [5.74, 6) is -0.864. The molecule has 0 aromatic carbocycles. The van der Waals surface area contributed by atoms with Gasteiger partial charge in [0.1, 0.15) is 0 Å². The Morgan fingerprint density at radius 2 is 2.05 bits per heavy atom. The first-order valence-electron chi connectivity index (χ1n) is 7.05. The second-order valence-electron chi connectivity index (χ2n) is 6.31. The van der Waals surface area contributed by atoms with Gasteiger partial charge in [-0.25, -0.2) is 0 Å². The van der Waals surface area contributed by atoms with Crippen LogP contribution in [0.1, 0.15) is 33.1 Å². The molecule has 0 aromatic rings. The zero-order valence-corrected chi connectivity index (χ0v) is 13.0. The van der Waals surface area contributed by atoms with E-state index in [0.29, 0.717) is 19.6 Å². The average Bonchev–Trinajstić information content (AvgIpc) is 3.02. The highest BCUT2D eigenvalue weighted by Crippen LogP contribution is 2.62. The van der Waals surface area contributed by atoms with E-state index < -0.39 is 11.3 Å². The Labute approximate surface area is 124 Å². The molecule has 3 atom stereocenters. The summed E-state index contributed by atoms with van der Waals surface area (Å²) in [4.78, 5) is 12.4. The number of fused-ring (bicyclic) bond motifs is 2. The summed E-state index contributed by atoms with van der Waals surface area (Å²) >= 11 is 5.49. The quantitative estimate of drug-likeness (QED) is 0.614. The molecule has 0 aromatic heterocycles. The summed E-state index contributed by atoms with van der Waals surface area (Å²) in [6, 6.07) is 0. The van der Waals surface area contributed by atoms with Crippen molar-refractivity contribution in [3.63, 3.8) is 0 Å². The topological polar surface area (TPSA) is 56.8 Å². The number of ether oxygens (including phenoxy) is 3. The van der Waals surface area contributed by atoms with Crippen molar-refractivity contribution in [2.24, 2.45) is 11.3 Å². The predicted octanol–water partition coefficient (Wildman–Crippen LogP) is 1.40. The Hall–Kier alpha value is -0.720. The molecule has 1 saturated carbocycles. The molecule has 3 unspecified atom stereocenters. The molecule has 3 rings (SSSR count). The van der Waals surface area contributed by atoms with Crippen molar-refractivity contribution in [1.82, 2.24) is 5.32 Å². The van der Waals surface area contributed by atoms with Crippen LogP contribution in [-0.2, 0) is 19.0 Å². The van der Waals surface area contributed by atoms with Gasteiger partial charge in [-0.3, -0.25) is 4.79 Å². The summed E-state index contributed by atoms with van der Waals surface area (Å²) in [6.07, 6.45) is 2.05. The minimum Gasteiger partial charge on any atom is -0.469 e. The molecule has 1 aliphatic carbocycles. The molecular formula is C14H21NO4S. The molecule has 0 amide bonds. The highest BCUT2D eigenvalue weighted by Gasteiger charge is 2.72.